The van der Waals surface area contributed by atoms with Crippen molar-refractivity contribution in [3.8, 4) is 11.2 Å². The first-order valence-corrected chi connectivity index (χ1v) is 4.14. The fourth-order valence-electron chi connectivity index (χ4n) is 0.810. The summed E-state index contributed by atoms with van der Waals surface area (Å²) in [6.07, 6.45) is 0.936. The molecule has 0 amide bonds. The predicted octanol–water partition coefficient (Wildman–Crippen LogP) is 1.61. The Bertz CT molecular complexity index is 119. The van der Waals surface area contributed by atoms with E-state index in [9.17, 15) is 0 Å². The molecule has 0 bridgehead atoms. The maximum Gasteiger partial charge on any atom is 0.0225 e. The zero-order chi connectivity index (χ0) is 7.82. The van der Waals surface area contributed by atoms with Crippen molar-refractivity contribution in [2.45, 2.75) is 20.3 Å². The lowest BCUT2D eigenvalue weighted by molar-refractivity contribution is 0.312. The summed E-state index contributed by atoms with van der Waals surface area (Å²) in [5.41, 5.74) is 0. The Hall–Kier alpha value is -0.130. The van der Waals surface area contributed by atoms with Gasteiger partial charge in [0.05, 0.1) is 0 Å². The summed E-state index contributed by atoms with van der Waals surface area (Å²) in [5.74, 6) is 2.92. The first kappa shape index (κ1) is 9.87. The van der Waals surface area contributed by atoms with Crippen LogP contribution >= 0.6 is 12.6 Å². The summed E-state index contributed by atoms with van der Waals surface area (Å²) < 4.78 is 0. The van der Waals surface area contributed by atoms with Crippen molar-refractivity contribution in [2.75, 3.05) is 19.6 Å². The first-order valence-electron chi connectivity index (χ1n) is 3.69. The molecule has 1 nitrogen and oxygen atoms in total. The summed E-state index contributed by atoms with van der Waals surface area (Å²) in [4.78, 5) is 2.35. The van der Waals surface area contributed by atoms with Crippen LogP contribution in [0.3, 0.4) is 0 Å². The van der Waals surface area contributed by atoms with Gasteiger partial charge in [0.25, 0.3) is 0 Å². The molecule has 0 aromatic heterocycles. The van der Waals surface area contributed by atoms with E-state index >= 15 is 0 Å². The van der Waals surface area contributed by atoms with E-state index in [1.165, 1.54) is 0 Å². The van der Waals surface area contributed by atoms with Gasteiger partial charge in [-0.2, -0.15) is 0 Å². The molecule has 0 atom stereocenters. The molecule has 0 aliphatic carbocycles. The minimum Gasteiger partial charge on any atom is -0.303 e. The zero-order valence-electron chi connectivity index (χ0n) is 6.72. The van der Waals surface area contributed by atoms with Gasteiger partial charge in [0, 0.05) is 13.0 Å². The molecule has 0 saturated heterocycles. The smallest absolute Gasteiger partial charge is 0.0225 e. The van der Waals surface area contributed by atoms with Gasteiger partial charge in [0.2, 0.25) is 0 Å². The van der Waals surface area contributed by atoms with E-state index in [1.54, 1.807) is 0 Å². The summed E-state index contributed by atoms with van der Waals surface area (Å²) in [5, 5.41) is 2.59. The van der Waals surface area contributed by atoms with Crippen LogP contribution in [0.1, 0.15) is 20.3 Å². The molecule has 0 aliphatic heterocycles. The van der Waals surface area contributed by atoms with Crippen LogP contribution < -0.4 is 0 Å². The highest BCUT2D eigenvalue weighted by atomic mass is 32.1. The fraction of sp³-hybridized carbons (Fsp3) is 0.750. The van der Waals surface area contributed by atoms with Gasteiger partial charge in [0.15, 0.2) is 0 Å². The average Bonchev–Trinajstić information content (AvgIpc) is 1.99. The van der Waals surface area contributed by atoms with E-state index in [1.807, 2.05) is 0 Å². The van der Waals surface area contributed by atoms with E-state index < -0.39 is 0 Å². The molecule has 0 rings (SSSR count). The van der Waals surface area contributed by atoms with Crippen LogP contribution in [0.4, 0.5) is 0 Å². The molecule has 0 radical (unpaired) electrons. The van der Waals surface area contributed by atoms with Crippen molar-refractivity contribution in [3.63, 3.8) is 0 Å². The van der Waals surface area contributed by atoms with Gasteiger partial charge in [-0.1, -0.05) is 32.4 Å². The molecule has 2 heteroatoms. The highest BCUT2D eigenvalue weighted by Crippen LogP contribution is 1.88. The minimum atomic E-state index is 0.936. The largest absolute Gasteiger partial charge is 0.303 e. The van der Waals surface area contributed by atoms with Gasteiger partial charge in [-0.25, -0.2) is 0 Å². The van der Waals surface area contributed by atoms with Crippen molar-refractivity contribution in [3.05, 3.63) is 0 Å². The normalized spacial score (nSPS) is 9.20. The lowest BCUT2D eigenvalue weighted by Crippen LogP contribution is -2.23. The SMILES string of the molecule is CCN(CC)CCC#CS. The Kier molecular flexibility index (Phi) is 6.89. The minimum absolute atomic E-state index is 0.936. The Morgan fingerprint density at radius 1 is 1.30 bits per heavy atom. The van der Waals surface area contributed by atoms with Crippen molar-refractivity contribution in [1.29, 1.82) is 0 Å². The number of rotatable bonds is 4. The number of hydrogen-bond donors (Lipinski definition) is 1. The number of thiol groups is 1. The summed E-state index contributed by atoms with van der Waals surface area (Å²) in [6.45, 7) is 7.63. The van der Waals surface area contributed by atoms with Crippen molar-refractivity contribution < 1.29 is 0 Å². The molecule has 0 saturated carbocycles. The molecule has 0 aromatic rings. The van der Waals surface area contributed by atoms with Gasteiger partial charge < -0.3 is 4.90 Å². The van der Waals surface area contributed by atoms with Gasteiger partial charge >= 0.3 is 0 Å². The number of hydrogen-bond acceptors (Lipinski definition) is 2. The molecule has 0 fully saturated rings. The van der Waals surface area contributed by atoms with Crippen LogP contribution in [0.15, 0.2) is 0 Å². The Labute approximate surface area is 69.2 Å². The van der Waals surface area contributed by atoms with Crippen LogP contribution in [-0.2, 0) is 0 Å². The molecule has 0 spiro atoms. The van der Waals surface area contributed by atoms with Gasteiger partial charge in [-0.3, -0.25) is 0 Å². The van der Waals surface area contributed by atoms with E-state index in [2.05, 4.69) is 42.5 Å². The van der Waals surface area contributed by atoms with Gasteiger partial charge in [-0.15, -0.1) is 0 Å². The third kappa shape index (κ3) is 4.72. The lowest BCUT2D eigenvalue weighted by Gasteiger charge is -2.15. The number of nitrogens with zero attached hydrogens (tertiary/aromatic N) is 1. The van der Waals surface area contributed by atoms with Crippen LogP contribution in [0.2, 0.25) is 0 Å². The molecule has 0 N–H and O–H groups in total. The molecule has 0 heterocycles. The summed E-state index contributed by atoms with van der Waals surface area (Å²) in [7, 11) is 0. The maximum absolute atomic E-state index is 3.80. The monoisotopic (exact) mass is 157 g/mol. The highest BCUT2D eigenvalue weighted by Gasteiger charge is 1.94. The van der Waals surface area contributed by atoms with E-state index in [0.29, 0.717) is 0 Å². The van der Waals surface area contributed by atoms with E-state index in [4.69, 9.17) is 0 Å². The molecular formula is C8H15NS. The third-order valence-electron chi connectivity index (χ3n) is 1.53. The molecule has 0 unspecified atom stereocenters. The molecule has 10 heavy (non-hydrogen) atoms. The Morgan fingerprint density at radius 2 is 1.90 bits per heavy atom. The summed E-state index contributed by atoms with van der Waals surface area (Å²) >= 11 is 3.80. The van der Waals surface area contributed by atoms with Crippen molar-refractivity contribution in [2.24, 2.45) is 0 Å². The maximum atomic E-state index is 3.80. The first-order chi connectivity index (χ1) is 4.85. The predicted molar refractivity (Wildman–Crippen MR) is 49.2 cm³/mol. The van der Waals surface area contributed by atoms with E-state index in [-0.39, 0.29) is 0 Å². The topological polar surface area (TPSA) is 3.24 Å². The second-order valence-electron chi connectivity index (χ2n) is 2.07. The highest BCUT2D eigenvalue weighted by molar-refractivity contribution is 7.85. The van der Waals surface area contributed by atoms with E-state index in [0.717, 1.165) is 26.1 Å². The van der Waals surface area contributed by atoms with Gasteiger partial charge in [-0.05, 0) is 18.3 Å². The zero-order valence-corrected chi connectivity index (χ0v) is 7.62. The summed E-state index contributed by atoms with van der Waals surface area (Å²) in [6, 6.07) is 0. The standard InChI is InChI=1S/C8H15NS/c1-3-9(4-2)7-5-6-8-10/h10H,3-5,7H2,1-2H3. The van der Waals surface area contributed by atoms with Crippen LogP contribution in [0.5, 0.6) is 0 Å². The quantitative estimate of drug-likeness (QED) is 0.479. The fourth-order valence-corrected chi connectivity index (χ4v) is 0.922. The molecule has 0 aromatic carbocycles. The average molecular weight is 157 g/mol. The van der Waals surface area contributed by atoms with Crippen LogP contribution in [0.25, 0.3) is 0 Å². The third-order valence-corrected chi connectivity index (χ3v) is 1.68. The van der Waals surface area contributed by atoms with Crippen LogP contribution in [-0.4, -0.2) is 24.5 Å². The van der Waals surface area contributed by atoms with Crippen molar-refractivity contribution in [1.82, 2.24) is 4.90 Å². The molecular weight excluding hydrogens is 142 g/mol. The van der Waals surface area contributed by atoms with Gasteiger partial charge in [0.1, 0.15) is 0 Å². The Morgan fingerprint density at radius 3 is 2.30 bits per heavy atom. The molecule has 58 valence electrons. The van der Waals surface area contributed by atoms with Crippen molar-refractivity contribution >= 4 is 12.6 Å². The second-order valence-corrected chi connectivity index (χ2v) is 2.29. The lowest BCUT2D eigenvalue weighted by atomic mass is 10.4. The second kappa shape index (κ2) is 6.98. The molecule has 0 aliphatic rings. The van der Waals surface area contributed by atoms with Crippen LogP contribution in [0, 0.1) is 11.2 Å². The Balaban J connectivity index is 3.31.